The Morgan fingerprint density at radius 3 is 2.52 bits per heavy atom. The van der Waals surface area contributed by atoms with E-state index in [0.717, 1.165) is 0 Å². The van der Waals surface area contributed by atoms with Gasteiger partial charge in [0.2, 0.25) is 5.91 Å². The van der Waals surface area contributed by atoms with Crippen LogP contribution in [-0.4, -0.2) is 18.2 Å². The van der Waals surface area contributed by atoms with E-state index >= 15 is 0 Å². The van der Waals surface area contributed by atoms with Gasteiger partial charge in [-0.1, -0.05) is 48.0 Å². The van der Waals surface area contributed by atoms with Crippen molar-refractivity contribution in [2.24, 2.45) is 5.73 Å². The summed E-state index contributed by atoms with van der Waals surface area (Å²) in [4.78, 5) is 31.0. The number of anilines is 2. The molecule has 0 saturated heterocycles. The van der Waals surface area contributed by atoms with E-state index in [2.05, 4.69) is 12.6 Å². The Morgan fingerprint density at radius 1 is 1.12 bits per heavy atom. The van der Waals surface area contributed by atoms with Crippen LogP contribution in [-0.2, 0) is 15.0 Å². The second kappa shape index (κ2) is 7.65. The molecule has 0 aromatic heterocycles. The molecule has 1 amide bonds. The molecule has 1 aliphatic carbocycles. The molecular weight excluding hydrogens is 436 g/mol. The van der Waals surface area contributed by atoms with Crippen molar-refractivity contribution in [1.82, 2.24) is 0 Å². The predicted octanol–water partition coefficient (Wildman–Crippen LogP) is 4.33. The highest BCUT2D eigenvalue weighted by molar-refractivity contribution is 6.33. The molecule has 6 nitrogen and oxygen atoms in total. The highest BCUT2D eigenvalue weighted by atomic mass is 35.5. The number of hydrogen-bond donors (Lipinski definition) is 1. The number of ketones is 1. The summed E-state index contributed by atoms with van der Waals surface area (Å²) in [5, 5.41) is 10.8. The number of carbonyl (C=O) groups is 2. The summed E-state index contributed by atoms with van der Waals surface area (Å²) < 4.78 is 0. The van der Waals surface area contributed by atoms with Gasteiger partial charge in [-0.05, 0) is 31.0 Å². The molecule has 3 aliphatic rings. The molecule has 2 aliphatic heterocycles. The lowest BCUT2D eigenvalue weighted by Crippen LogP contribution is -2.52. The minimum atomic E-state index is -1.58. The van der Waals surface area contributed by atoms with Crippen molar-refractivity contribution in [2.45, 2.75) is 24.7 Å². The summed E-state index contributed by atoms with van der Waals surface area (Å²) in [6.07, 6.45) is 3.08. The van der Waals surface area contributed by atoms with Crippen molar-refractivity contribution < 1.29 is 9.59 Å². The third-order valence-electron chi connectivity index (χ3n) is 6.58. The van der Waals surface area contributed by atoms with E-state index < -0.39 is 5.41 Å². The molecule has 164 valence electrons. The third kappa shape index (κ3) is 2.66. The molecule has 0 unspecified atom stereocenters. The number of carbonyl (C=O) groups excluding carboxylic acids is 2. The van der Waals surface area contributed by atoms with E-state index in [1.165, 1.54) is 0 Å². The van der Waals surface area contributed by atoms with Gasteiger partial charge < -0.3 is 10.6 Å². The first kappa shape index (κ1) is 21.0. The number of nitrogens with zero attached hydrogens (tertiary/aromatic N) is 3. The minimum absolute atomic E-state index is 0.0421. The quantitative estimate of drug-likeness (QED) is 0.694. The number of amides is 1. The van der Waals surface area contributed by atoms with Crippen LogP contribution in [0.4, 0.5) is 11.4 Å². The molecule has 0 saturated carbocycles. The summed E-state index contributed by atoms with van der Waals surface area (Å²) in [6, 6.07) is 16.6. The molecule has 0 radical (unpaired) electrons. The van der Waals surface area contributed by atoms with Crippen molar-refractivity contribution in [2.75, 3.05) is 16.3 Å². The molecule has 0 fully saturated rings. The SMILES string of the molecule is C=CCN1C(=O)[C@@]2(C(C#N)=C(N)N(c3ccccc3Cl)C3=C2C(=O)CCC3)c2ccccc21. The van der Waals surface area contributed by atoms with Crippen LogP contribution in [0.5, 0.6) is 0 Å². The topological polar surface area (TPSA) is 90.4 Å². The number of rotatable bonds is 3. The van der Waals surface area contributed by atoms with E-state index in [1.807, 2.05) is 24.3 Å². The first-order chi connectivity index (χ1) is 16.0. The fourth-order valence-corrected chi connectivity index (χ4v) is 5.57. The average Bonchev–Trinajstić information content (AvgIpc) is 3.05. The molecule has 5 rings (SSSR count). The maximum Gasteiger partial charge on any atom is 0.248 e. The van der Waals surface area contributed by atoms with Crippen molar-refractivity contribution >= 4 is 34.7 Å². The zero-order valence-corrected chi connectivity index (χ0v) is 18.6. The molecule has 1 spiro atoms. The van der Waals surface area contributed by atoms with Gasteiger partial charge in [0.15, 0.2) is 5.78 Å². The lowest BCUT2D eigenvalue weighted by molar-refractivity contribution is -0.124. The van der Waals surface area contributed by atoms with Gasteiger partial charge >= 0.3 is 0 Å². The number of halogens is 1. The average molecular weight is 457 g/mol. The maximum atomic E-state index is 14.2. The number of nitrogens with two attached hydrogens (primary N) is 1. The number of allylic oxidation sites excluding steroid dienone is 1. The normalized spacial score (nSPS) is 21.9. The van der Waals surface area contributed by atoms with Gasteiger partial charge in [0.1, 0.15) is 17.3 Å². The number of benzene rings is 2. The molecule has 2 aromatic carbocycles. The summed E-state index contributed by atoms with van der Waals surface area (Å²) in [7, 11) is 0. The van der Waals surface area contributed by atoms with Crippen LogP contribution in [0, 0.1) is 11.3 Å². The van der Waals surface area contributed by atoms with Gasteiger partial charge in [0.05, 0.1) is 16.3 Å². The molecule has 33 heavy (non-hydrogen) atoms. The highest BCUT2D eigenvalue weighted by Gasteiger charge is 2.62. The summed E-state index contributed by atoms with van der Waals surface area (Å²) >= 11 is 6.51. The number of hydrogen-bond acceptors (Lipinski definition) is 5. The zero-order chi connectivity index (χ0) is 23.3. The molecule has 0 bridgehead atoms. The van der Waals surface area contributed by atoms with Crippen molar-refractivity contribution in [3.63, 3.8) is 0 Å². The van der Waals surface area contributed by atoms with Gasteiger partial charge in [0, 0.05) is 35.5 Å². The fourth-order valence-electron chi connectivity index (χ4n) is 5.35. The summed E-state index contributed by atoms with van der Waals surface area (Å²) in [5.41, 5.74) is 7.90. The summed E-state index contributed by atoms with van der Waals surface area (Å²) in [6.45, 7) is 4.03. The Kier molecular flexibility index (Phi) is 4.88. The lowest BCUT2D eigenvalue weighted by atomic mass is 9.64. The number of para-hydroxylation sites is 2. The molecule has 2 heterocycles. The Morgan fingerprint density at radius 2 is 1.82 bits per heavy atom. The molecule has 7 heteroatoms. The second-order valence-electron chi connectivity index (χ2n) is 8.23. The van der Waals surface area contributed by atoms with E-state index in [4.69, 9.17) is 17.3 Å². The van der Waals surface area contributed by atoms with Crippen molar-refractivity contribution in [1.29, 1.82) is 5.26 Å². The van der Waals surface area contributed by atoms with Gasteiger partial charge in [-0.3, -0.25) is 14.5 Å². The van der Waals surface area contributed by atoms with Crippen molar-refractivity contribution in [3.05, 3.63) is 94.4 Å². The van der Waals surface area contributed by atoms with Gasteiger partial charge in [-0.15, -0.1) is 6.58 Å². The maximum absolute atomic E-state index is 14.2. The highest BCUT2D eigenvalue weighted by Crippen LogP contribution is 2.57. The molecule has 2 N–H and O–H groups in total. The van der Waals surface area contributed by atoms with Gasteiger partial charge in [0.25, 0.3) is 0 Å². The largest absolute Gasteiger partial charge is 0.384 e. The Bertz CT molecular complexity index is 1340. The van der Waals surface area contributed by atoms with Crippen LogP contribution < -0.4 is 15.5 Å². The number of fused-ring (bicyclic) bond motifs is 3. The summed E-state index contributed by atoms with van der Waals surface area (Å²) in [5.74, 6) is -0.399. The first-order valence-corrected chi connectivity index (χ1v) is 11.1. The zero-order valence-electron chi connectivity index (χ0n) is 17.8. The van der Waals surface area contributed by atoms with Gasteiger partial charge in [-0.25, -0.2) is 0 Å². The third-order valence-corrected chi connectivity index (χ3v) is 6.90. The minimum Gasteiger partial charge on any atom is -0.384 e. The number of Topliss-reactive ketones (excluding diaryl/α,β-unsaturated/α-hetero) is 1. The first-order valence-electron chi connectivity index (χ1n) is 10.7. The Hall–Kier alpha value is -3.82. The monoisotopic (exact) mass is 456 g/mol. The number of nitriles is 1. The van der Waals surface area contributed by atoms with E-state index in [1.54, 1.807) is 40.1 Å². The van der Waals surface area contributed by atoms with Gasteiger partial charge in [-0.2, -0.15) is 5.26 Å². The Labute approximate surface area is 196 Å². The van der Waals surface area contributed by atoms with Crippen LogP contribution in [0.25, 0.3) is 0 Å². The van der Waals surface area contributed by atoms with E-state index in [0.29, 0.717) is 52.5 Å². The predicted molar refractivity (Wildman–Crippen MR) is 127 cm³/mol. The van der Waals surface area contributed by atoms with Crippen LogP contribution in [0.2, 0.25) is 5.02 Å². The van der Waals surface area contributed by atoms with Crippen LogP contribution in [0.1, 0.15) is 24.8 Å². The second-order valence-corrected chi connectivity index (χ2v) is 8.64. The van der Waals surface area contributed by atoms with Crippen LogP contribution in [0.15, 0.2) is 83.9 Å². The molecule has 2 aromatic rings. The lowest BCUT2D eigenvalue weighted by Gasteiger charge is -2.44. The standard InChI is InChI=1S/C26H21ClN4O2/c1-2-14-30-19-10-5-3-8-16(19)26(25(30)33)17(15-28)24(29)31(20-11-6-4-9-18(20)27)21-12-7-13-22(32)23(21)26/h2-6,8-11H,1,7,12-14,29H2/t26-/m1/s1. The smallest absolute Gasteiger partial charge is 0.248 e. The van der Waals surface area contributed by atoms with Crippen LogP contribution >= 0.6 is 11.6 Å². The van der Waals surface area contributed by atoms with E-state index in [9.17, 15) is 14.9 Å². The van der Waals surface area contributed by atoms with Crippen LogP contribution in [0.3, 0.4) is 0 Å². The fraction of sp³-hybridized carbons (Fsp3) is 0.192. The molecule has 1 atom stereocenters. The van der Waals surface area contributed by atoms with E-state index in [-0.39, 0.29) is 29.6 Å². The molecular formula is C26H21ClN4O2. The van der Waals surface area contributed by atoms with Crippen molar-refractivity contribution in [3.8, 4) is 6.07 Å². The Balaban J connectivity index is 1.90.